The largest absolute Gasteiger partial charge is 0.481 e. The maximum Gasteiger partial charge on any atom is 0.213 e. The molecule has 0 aromatic carbocycles. The summed E-state index contributed by atoms with van der Waals surface area (Å²) in [6.07, 6.45) is 6.99. The van der Waals surface area contributed by atoms with E-state index in [1.165, 1.54) is 6.33 Å². The molecule has 0 radical (unpaired) electrons. The molecular formula is C26H33N5O4. The van der Waals surface area contributed by atoms with Crippen LogP contribution in [0.3, 0.4) is 0 Å². The molecule has 0 bridgehead atoms. The van der Waals surface area contributed by atoms with Gasteiger partial charge in [0, 0.05) is 48.8 Å². The number of pyridine rings is 1. The van der Waals surface area contributed by atoms with Gasteiger partial charge in [0.05, 0.1) is 12.8 Å². The molecule has 0 unspecified atom stereocenters. The van der Waals surface area contributed by atoms with E-state index in [0.717, 1.165) is 31.2 Å². The summed E-state index contributed by atoms with van der Waals surface area (Å²) in [5, 5.41) is 13.8. The first-order valence-corrected chi connectivity index (χ1v) is 12.0. The molecule has 3 N–H and O–H groups in total. The van der Waals surface area contributed by atoms with Crippen LogP contribution in [0, 0.1) is 17.3 Å². The number of nitrogens with two attached hydrogens (primary N) is 1. The molecule has 4 rings (SSSR count). The minimum absolute atomic E-state index is 0.00465. The monoisotopic (exact) mass is 479 g/mol. The lowest BCUT2D eigenvalue weighted by Gasteiger charge is -2.29. The van der Waals surface area contributed by atoms with Gasteiger partial charge in [-0.3, -0.25) is 9.59 Å². The van der Waals surface area contributed by atoms with Gasteiger partial charge in [-0.25, -0.2) is 14.5 Å². The summed E-state index contributed by atoms with van der Waals surface area (Å²) in [5.41, 5.74) is 8.29. The second-order valence-corrected chi connectivity index (χ2v) is 10.2. The molecule has 9 nitrogen and oxygen atoms in total. The molecule has 35 heavy (non-hydrogen) atoms. The lowest BCUT2D eigenvalue weighted by Crippen LogP contribution is -2.28. The third-order valence-corrected chi connectivity index (χ3v) is 6.98. The average molecular weight is 480 g/mol. The van der Waals surface area contributed by atoms with Crippen LogP contribution in [0.1, 0.15) is 62.7 Å². The Bertz CT molecular complexity index is 1230. The molecule has 9 heteroatoms. The van der Waals surface area contributed by atoms with Crippen molar-refractivity contribution in [2.75, 3.05) is 19.5 Å². The van der Waals surface area contributed by atoms with E-state index in [-0.39, 0.29) is 41.2 Å². The van der Waals surface area contributed by atoms with E-state index >= 15 is 0 Å². The van der Waals surface area contributed by atoms with Crippen LogP contribution < -0.4 is 10.5 Å². The Balaban J connectivity index is 1.51. The van der Waals surface area contributed by atoms with E-state index in [1.807, 2.05) is 26.0 Å². The van der Waals surface area contributed by atoms with Gasteiger partial charge >= 0.3 is 0 Å². The van der Waals surface area contributed by atoms with E-state index in [0.29, 0.717) is 35.5 Å². The van der Waals surface area contributed by atoms with Gasteiger partial charge in [0.2, 0.25) is 5.88 Å². The van der Waals surface area contributed by atoms with Crippen LogP contribution in [0.5, 0.6) is 5.88 Å². The summed E-state index contributed by atoms with van der Waals surface area (Å²) >= 11 is 0. The fourth-order valence-corrected chi connectivity index (χ4v) is 4.90. The Morgan fingerprint density at radius 3 is 2.63 bits per heavy atom. The van der Waals surface area contributed by atoms with Crippen LogP contribution in [0.25, 0.3) is 16.8 Å². The highest BCUT2D eigenvalue weighted by Gasteiger charge is 2.31. The molecule has 3 heterocycles. The van der Waals surface area contributed by atoms with Crippen molar-refractivity contribution in [1.82, 2.24) is 19.6 Å². The lowest BCUT2D eigenvalue weighted by molar-refractivity contribution is -0.126. The molecule has 1 aliphatic rings. The molecule has 1 saturated carbocycles. The second kappa shape index (κ2) is 10.1. The van der Waals surface area contributed by atoms with Crippen molar-refractivity contribution in [2.45, 2.75) is 52.4 Å². The number of nitrogen functional groups attached to an aromatic ring is 1. The predicted octanol–water partition coefficient (Wildman–Crippen LogP) is 3.74. The highest BCUT2D eigenvalue weighted by atomic mass is 16.5. The van der Waals surface area contributed by atoms with Crippen molar-refractivity contribution in [3.8, 4) is 17.1 Å². The molecular weight excluding hydrogens is 446 g/mol. The average Bonchev–Trinajstić information content (AvgIpc) is 3.25. The third-order valence-electron chi connectivity index (χ3n) is 6.98. The number of ether oxygens (including phenoxy) is 1. The maximum absolute atomic E-state index is 13.4. The fraction of sp³-hybridized carbons (Fsp3) is 0.500. The molecule has 3 aromatic rings. The highest BCUT2D eigenvalue weighted by Crippen LogP contribution is 2.36. The number of aliphatic hydroxyl groups excluding tert-OH is 1. The Labute approximate surface area is 204 Å². The molecule has 1 fully saturated rings. The van der Waals surface area contributed by atoms with Gasteiger partial charge in [-0.2, -0.15) is 5.10 Å². The Hall–Kier alpha value is -3.33. The topological polar surface area (TPSA) is 133 Å². The number of carbonyl (C=O) groups is 2. The van der Waals surface area contributed by atoms with Crippen molar-refractivity contribution in [2.24, 2.45) is 17.3 Å². The first kappa shape index (κ1) is 24.8. The lowest BCUT2D eigenvalue weighted by atomic mass is 9.75. The summed E-state index contributed by atoms with van der Waals surface area (Å²) in [6.45, 7) is 3.81. The number of anilines is 1. The van der Waals surface area contributed by atoms with Gasteiger partial charge < -0.3 is 15.6 Å². The molecule has 0 spiro atoms. The van der Waals surface area contributed by atoms with E-state index in [4.69, 9.17) is 10.5 Å². The molecule has 186 valence electrons. The normalized spacial score (nSPS) is 18.5. The van der Waals surface area contributed by atoms with Crippen molar-refractivity contribution in [3.63, 3.8) is 0 Å². The maximum atomic E-state index is 13.4. The molecule has 0 saturated heterocycles. The van der Waals surface area contributed by atoms with Crippen LogP contribution in [-0.4, -0.2) is 50.0 Å². The van der Waals surface area contributed by atoms with Gasteiger partial charge in [-0.05, 0) is 49.1 Å². The first-order chi connectivity index (χ1) is 16.7. The SMILES string of the molecule is COc1cc(-c2cc(C(=O)CC3CCC(C(=O)CC(C)(C)CO)CC3)c3c(N)ncnn23)ccn1. The minimum atomic E-state index is -0.390. The quantitative estimate of drug-likeness (QED) is 0.444. The number of hydrogen-bond acceptors (Lipinski definition) is 8. The van der Waals surface area contributed by atoms with E-state index in [9.17, 15) is 14.7 Å². The van der Waals surface area contributed by atoms with Crippen molar-refractivity contribution >= 4 is 22.9 Å². The zero-order chi connectivity index (χ0) is 25.2. The summed E-state index contributed by atoms with van der Waals surface area (Å²) in [4.78, 5) is 34.4. The van der Waals surface area contributed by atoms with Crippen LogP contribution in [0.15, 0.2) is 30.7 Å². The fourth-order valence-electron chi connectivity index (χ4n) is 4.90. The number of Topliss-reactive ketones (excluding diaryl/α,β-unsaturated/α-hetero) is 2. The minimum Gasteiger partial charge on any atom is -0.481 e. The molecule has 0 amide bonds. The molecule has 3 aromatic heterocycles. The number of hydrogen-bond donors (Lipinski definition) is 2. The molecule has 1 aliphatic carbocycles. The van der Waals surface area contributed by atoms with Crippen LogP contribution in [0.4, 0.5) is 5.82 Å². The number of nitrogens with zero attached hydrogens (tertiary/aromatic N) is 4. The zero-order valence-corrected chi connectivity index (χ0v) is 20.5. The smallest absolute Gasteiger partial charge is 0.213 e. The molecule has 0 atom stereocenters. The van der Waals surface area contributed by atoms with E-state index in [1.54, 1.807) is 23.9 Å². The van der Waals surface area contributed by atoms with Gasteiger partial charge in [-0.15, -0.1) is 0 Å². The summed E-state index contributed by atoms with van der Waals surface area (Å²) in [5.74, 6) is 1.14. The van der Waals surface area contributed by atoms with E-state index < -0.39 is 0 Å². The van der Waals surface area contributed by atoms with Crippen molar-refractivity contribution < 1.29 is 19.4 Å². The molecule has 0 aliphatic heterocycles. The number of methoxy groups -OCH3 is 1. The number of rotatable bonds is 9. The Kier molecular flexibility index (Phi) is 7.16. The summed E-state index contributed by atoms with van der Waals surface area (Å²) < 4.78 is 6.89. The van der Waals surface area contributed by atoms with Crippen LogP contribution in [-0.2, 0) is 4.79 Å². The van der Waals surface area contributed by atoms with E-state index in [2.05, 4.69) is 15.1 Å². The summed E-state index contributed by atoms with van der Waals surface area (Å²) in [7, 11) is 1.55. The number of carbonyl (C=O) groups excluding carboxylic acids is 2. The highest BCUT2D eigenvalue weighted by molar-refractivity contribution is 6.06. The Morgan fingerprint density at radius 2 is 1.94 bits per heavy atom. The predicted molar refractivity (Wildman–Crippen MR) is 132 cm³/mol. The number of fused-ring (bicyclic) bond motifs is 1. The number of aromatic nitrogens is 4. The van der Waals surface area contributed by atoms with Crippen molar-refractivity contribution in [3.05, 3.63) is 36.3 Å². The van der Waals surface area contributed by atoms with Gasteiger partial charge in [0.25, 0.3) is 0 Å². The van der Waals surface area contributed by atoms with Gasteiger partial charge in [0.1, 0.15) is 17.6 Å². The summed E-state index contributed by atoms with van der Waals surface area (Å²) in [6, 6.07) is 5.42. The third kappa shape index (κ3) is 5.35. The standard InChI is InChI=1S/C26H33N5O4/c1-26(2,14-32)13-22(34)17-6-4-16(5-7-17)10-21(33)19-12-20(18-8-9-28-23(11-18)35-3)31-24(19)25(27)29-15-30-31/h8-9,11-12,15-17,32H,4-7,10,13-14H2,1-3H3,(H2,27,29,30). The van der Waals surface area contributed by atoms with Gasteiger partial charge in [-0.1, -0.05) is 13.8 Å². The Morgan fingerprint density at radius 1 is 1.20 bits per heavy atom. The van der Waals surface area contributed by atoms with Crippen LogP contribution >= 0.6 is 0 Å². The number of ketones is 2. The first-order valence-electron chi connectivity index (χ1n) is 12.0. The number of aliphatic hydroxyl groups is 1. The van der Waals surface area contributed by atoms with Crippen molar-refractivity contribution in [1.29, 1.82) is 0 Å². The second-order valence-electron chi connectivity index (χ2n) is 10.2. The zero-order valence-electron chi connectivity index (χ0n) is 20.5. The van der Waals surface area contributed by atoms with Crippen LogP contribution in [0.2, 0.25) is 0 Å². The van der Waals surface area contributed by atoms with Gasteiger partial charge in [0.15, 0.2) is 11.6 Å².